The summed E-state index contributed by atoms with van der Waals surface area (Å²) < 4.78 is 39.7. The van der Waals surface area contributed by atoms with E-state index in [-0.39, 0.29) is 31.5 Å². The lowest BCUT2D eigenvalue weighted by atomic mass is 10.3. The number of sulfonamides is 1. The minimum Gasteiger partial charge on any atom is -0.435 e. The normalized spacial score (nSPS) is 14.8. The molecule has 0 spiro atoms. The van der Waals surface area contributed by atoms with E-state index in [4.69, 9.17) is 44.3 Å². The van der Waals surface area contributed by atoms with E-state index in [1.807, 2.05) is 0 Å². The Morgan fingerprint density at radius 3 is 2.61 bits per heavy atom. The van der Waals surface area contributed by atoms with E-state index in [1.165, 1.54) is 30.5 Å². The van der Waals surface area contributed by atoms with Crippen LogP contribution in [0.4, 0.5) is 5.69 Å². The Bertz CT molecular complexity index is 1250. The van der Waals surface area contributed by atoms with E-state index >= 15 is 0 Å². The number of ether oxygens (including phenoxy) is 2. The number of anilines is 1. The molecule has 174 valence electrons. The fourth-order valence-electron chi connectivity index (χ4n) is 3.14. The summed E-state index contributed by atoms with van der Waals surface area (Å²) >= 11 is 18.0. The van der Waals surface area contributed by atoms with Gasteiger partial charge in [-0.15, -0.1) is 0 Å². The number of benzene rings is 1. The lowest BCUT2D eigenvalue weighted by Crippen LogP contribution is -2.35. The summed E-state index contributed by atoms with van der Waals surface area (Å²) in [6, 6.07) is 8.89. The number of nitrogens with zero attached hydrogens (tertiary/aromatic N) is 3. The Balaban J connectivity index is 1.61. The van der Waals surface area contributed by atoms with Gasteiger partial charge in [-0.3, -0.25) is 14.6 Å². The Hall–Kier alpha value is -2.14. The molecule has 12 heteroatoms. The van der Waals surface area contributed by atoms with Crippen LogP contribution >= 0.6 is 34.8 Å². The maximum Gasteiger partial charge on any atom is 0.262 e. The van der Waals surface area contributed by atoms with Crippen LogP contribution in [0.5, 0.6) is 11.6 Å². The lowest BCUT2D eigenvalue weighted by molar-refractivity contribution is 0.0333. The number of morpholine rings is 1. The summed E-state index contributed by atoms with van der Waals surface area (Å²) in [5.41, 5.74) is 0.754. The summed E-state index contributed by atoms with van der Waals surface area (Å²) in [4.78, 5) is 10.7. The Labute approximate surface area is 206 Å². The first-order chi connectivity index (χ1) is 15.8. The van der Waals surface area contributed by atoms with Gasteiger partial charge in [0.15, 0.2) is 5.75 Å². The first kappa shape index (κ1) is 24.0. The van der Waals surface area contributed by atoms with Gasteiger partial charge in [0.1, 0.15) is 5.69 Å². The molecule has 0 saturated carbocycles. The van der Waals surface area contributed by atoms with Gasteiger partial charge in [0.25, 0.3) is 10.0 Å². The number of hydrogen-bond donors (Lipinski definition) is 1. The van der Waals surface area contributed by atoms with Crippen molar-refractivity contribution in [1.29, 1.82) is 0 Å². The molecule has 1 aromatic carbocycles. The van der Waals surface area contributed by atoms with Crippen molar-refractivity contribution in [3.8, 4) is 11.6 Å². The minimum absolute atomic E-state index is 0.0271. The van der Waals surface area contributed by atoms with E-state index in [1.54, 1.807) is 18.3 Å². The number of pyridine rings is 2. The number of rotatable bonds is 7. The first-order valence-electron chi connectivity index (χ1n) is 9.87. The summed E-state index contributed by atoms with van der Waals surface area (Å²) in [5, 5.41) is 0.589. The predicted molar refractivity (Wildman–Crippen MR) is 127 cm³/mol. The number of aromatic nitrogens is 2. The van der Waals surface area contributed by atoms with Crippen LogP contribution in [0.25, 0.3) is 0 Å². The minimum atomic E-state index is -4.03. The van der Waals surface area contributed by atoms with E-state index in [2.05, 4.69) is 19.6 Å². The molecule has 0 unspecified atom stereocenters. The maximum absolute atomic E-state index is 12.9. The summed E-state index contributed by atoms with van der Waals surface area (Å²) in [7, 11) is -4.03. The van der Waals surface area contributed by atoms with E-state index < -0.39 is 10.0 Å². The van der Waals surface area contributed by atoms with Gasteiger partial charge in [0, 0.05) is 32.0 Å². The molecule has 33 heavy (non-hydrogen) atoms. The molecule has 0 atom stereocenters. The van der Waals surface area contributed by atoms with Crippen LogP contribution in [0.1, 0.15) is 5.69 Å². The molecular weight excluding hydrogens is 511 g/mol. The molecule has 4 rings (SSSR count). The van der Waals surface area contributed by atoms with Gasteiger partial charge in [-0.2, -0.15) is 0 Å². The third kappa shape index (κ3) is 6.06. The van der Waals surface area contributed by atoms with Crippen LogP contribution in [-0.2, 0) is 21.3 Å². The highest BCUT2D eigenvalue weighted by molar-refractivity contribution is 7.92. The zero-order chi connectivity index (χ0) is 23.4. The fraction of sp³-hybridized carbons (Fsp3) is 0.238. The van der Waals surface area contributed by atoms with Crippen LogP contribution in [0, 0.1) is 0 Å². The standard InChI is InChI=1S/C21H19Cl3N4O4S/c22-14-10-18(27-33(29,30)15-3-4-16(23)17(24)11-15)21(26-12-14)32-20-2-1-5-25-19(20)13-28-6-8-31-9-7-28/h1-5,10-12,27H,6-9,13H2. The molecule has 0 bridgehead atoms. The van der Waals surface area contributed by atoms with Crippen molar-refractivity contribution in [2.75, 3.05) is 31.0 Å². The molecule has 1 N–H and O–H groups in total. The van der Waals surface area contributed by atoms with Crippen LogP contribution in [0.15, 0.2) is 53.7 Å². The highest BCUT2D eigenvalue weighted by Crippen LogP contribution is 2.33. The highest BCUT2D eigenvalue weighted by Gasteiger charge is 2.21. The molecule has 0 radical (unpaired) electrons. The van der Waals surface area contributed by atoms with Gasteiger partial charge in [0.2, 0.25) is 5.88 Å². The third-order valence-corrected chi connectivity index (χ3v) is 7.10. The predicted octanol–water partition coefficient (Wildman–Crippen LogP) is 4.86. The van der Waals surface area contributed by atoms with Crippen molar-refractivity contribution in [2.45, 2.75) is 11.4 Å². The van der Waals surface area contributed by atoms with Gasteiger partial charge in [-0.25, -0.2) is 13.4 Å². The van der Waals surface area contributed by atoms with Crippen molar-refractivity contribution in [2.24, 2.45) is 0 Å². The largest absolute Gasteiger partial charge is 0.435 e. The maximum atomic E-state index is 12.9. The molecule has 2 aromatic heterocycles. The van der Waals surface area contributed by atoms with Gasteiger partial charge in [0.05, 0.1) is 38.9 Å². The van der Waals surface area contributed by atoms with Crippen LogP contribution in [0.2, 0.25) is 15.1 Å². The van der Waals surface area contributed by atoms with Crippen molar-refractivity contribution >= 4 is 50.5 Å². The van der Waals surface area contributed by atoms with E-state index in [0.717, 1.165) is 13.1 Å². The summed E-state index contributed by atoms with van der Waals surface area (Å²) in [6.45, 7) is 3.43. The van der Waals surface area contributed by atoms with Gasteiger partial charge < -0.3 is 9.47 Å². The second-order valence-electron chi connectivity index (χ2n) is 7.13. The van der Waals surface area contributed by atoms with Gasteiger partial charge in [-0.05, 0) is 36.4 Å². The molecule has 8 nitrogen and oxygen atoms in total. The Morgan fingerprint density at radius 2 is 1.85 bits per heavy atom. The van der Waals surface area contributed by atoms with E-state index in [9.17, 15) is 8.42 Å². The molecule has 1 saturated heterocycles. The fourth-order valence-corrected chi connectivity index (χ4v) is 4.73. The SMILES string of the molecule is O=S(=O)(Nc1cc(Cl)cnc1Oc1cccnc1CN1CCOCC1)c1ccc(Cl)c(Cl)c1. The zero-order valence-electron chi connectivity index (χ0n) is 17.2. The molecule has 3 heterocycles. The van der Waals surface area contributed by atoms with Crippen molar-refractivity contribution < 1.29 is 17.9 Å². The highest BCUT2D eigenvalue weighted by atomic mass is 35.5. The second-order valence-corrected chi connectivity index (χ2v) is 10.1. The van der Waals surface area contributed by atoms with Crippen LogP contribution in [0.3, 0.4) is 0 Å². The van der Waals surface area contributed by atoms with Crippen LogP contribution in [-0.4, -0.2) is 49.6 Å². The van der Waals surface area contributed by atoms with Crippen molar-refractivity contribution in [3.63, 3.8) is 0 Å². The smallest absolute Gasteiger partial charge is 0.262 e. The first-order valence-corrected chi connectivity index (χ1v) is 12.5. The molecule has 1 fully saturated rings. The van der Waals surface area contributed by atoms with E-state index in [0.29, 0.717) is 31.2 Å². The van der Waals surface area contributed by atoms with Crippen molar-refractivity contribution in [3.05, 3.63) is 69.6 Å². The molecule has 3 aromatic rings. The Kier molecular flexibility index (Phi) is 7.58. The molecule has 1 aliphatic rings. The molecule has 0 aliphatic carbocycles. The second kappa shape index (κ2) is 10.4. The lowest BCUT2D eigenvalue weighted by Gasteiger charge is -2.26. The Morgan fingerprint density at radius 1 is 1.06 bits per heavy atom. The average molecular weight is 530 g/mol. The quantitative estimate of drug-likeness (QED) is 0.467. The molecule has 1 aliphatic heterocycles. The van der Waals surface area contributed by atoms with Crippen LogP contribution < -0.4 is 9.46 Å². The van der Waals surface area contributed by atoms with Gasteiger partial charge >= 0.3 is 0 Å². The van der Waals surface area contributed by atoms with Crippen molar-refractivity contribution in [1.82, 2.24) is 14.9 Å². The van der Waals surface area contributed by atoms with Gasteiger partial charge in [-0.1, -0.05) is 34.8 Å². The molecule has 0 amide bonds. The number of halogens is 3. The summed E-state index contributed by atoms with van der Waals surface area (Å²) in [6.07, 6.45) is 3.04. The topological polar surface area (TPSA) is 93.7 Å². The number of hydrogen-bond acceptors (Lipinski definition) is 7. The zero-order valence-corrected chi connectivity index (χ0v) is 20.3. The third-order valence-electron chi connectivity index (χ3n) is 4.80. The summed E-state index contributed by atoms with van der Waals surface area (Å²) in [5.74, 6) is 0.480. The number of nitrogens with one attached hydrogen (secondary N) is 1. The monoisotopic (exact) mass is 528 g/mol. The average Bonchev–Trinajstić information content (AvgIpc) is 2.79. The molecular formula is C21H19Cl3N4O4S.